The van der Waals surface area contributed by atoms with Gasteiger partial charge in [-0.2, -0.15) is 4.99 Å². The predicted octanol–water partition coefficient (Wildman–Crippen LogP) is -0.557. The van der Waals surface area contributed by atoms with Crippen LogP contribution in [-0.4, -0.2) is 45.0 Å². The molecule has 0 radical (unpaired) electrons. The minimum Gasteiger partial charge on any atom is -0.493 e. The number of nitrogens with zero attached hydrogens (tertiary/aromatic N) is 1. The minimum absolute atomic E-state index is 0.0888. The summed E-state index contributed by atoms with van der Waals surface area (Å²) in [6.45, 7) is 0. The number of hydrogen-bond donors (Lipinski definition) is 2. The number of aliphatic imine (C=N–C) groups is 1. The van der Waals surface area contributed by atoms with Gasteiger partial charge in [-0.05, 0) is 12.1 Å². The van der Waals surface area contributed by atoms with Gasteiger partial charge in [-0.3, -0.25) is 9.59 Å². The number of ether oxygens (including phenoxy) is 3. The van der Waals surface area contributed by atoms with Crippen LogP contribution < -0.4 is 25.3 Å². The van der Waals surface area contributed by atoms with Crippen molar-refractivity contribution in [3.8, 4) is 17.2 Å². The third-order valence-corrected chi connectivity index (χ3v) is 2.95. The Kier molecular flexibility index (Phi) is 4.08. The van der Waals surface area contributed by atoms with E-state index in [0.29, 0.717) is 22.8 Å². The molecule has 0 saturated heterocycles. The number of carbonyl (C=O) groups is 2. The number of hydrogen-bond acceptors (Lipinski definition) is 6. The molecule has 0 fully saturated rings. The van der Waals surface area contributed by atoms with E-state index in [1.807, 2.05) is 0 Å². The molecule has 1 atom stereocenters. The average molecular weight is 293 g/mol. The summed E-state index contributed by atoms with van der Waals surface area (Å²) in [6, 6.07) is 1.87. The monoisotopic (exact) mass is 293 g/mol. The van der Waals surface area contributed by atoms with Crippen molar-refractivity contribution in [1.29, 1.82) is 0 Å². The van der Waals surface area contributed by atoms with Crippen molar-refractivity contribution in [1.82, 2.24) is 5.32 Å². The Morgan fingerprint density at radius 2 is 1.67 bits per heavy atom. The van der Waals surface area contributed by atoms with E-state index in [2.05, 4.69) is 10.3 Å². The maximum Gasteiger partial charge on any atom is 0.274 e. The molecule has 2 rings (SSSR count). The van der Waals surface area contributed by atoms with Crippen molar-refractivity contribution in [3.63, 3.8) is 0 Å². The largest absolute Gasteiger partial charge is 0.493 e. The zero-order valence-electron chi connectivity index (χ0n) is 11.8. The van der Waals surface area contributed by atoms with Crippen molar-refractivity contribution in [2.75, 3.05) is 21.3 Å². The van der Waals surface area contributed by atoms with Crippen LogP contribution in [0, 0.1) is 0 Å². The molecule has 8 heteroatoms. The maximum atomic E-state index is 11.6. The van der Waals surface area contributed by atoms with Crippen LogP contribution >= 0.6 is 0 Å². The summed E-state index contributed by atoms with van der Waals surface area (Å²) in [5.41, 5.74) is 5.82. The predicted molar refractivity (Wildman–Crippen MR) is 73.8 cm³/mol. The number of nitrogens with two attached hydrogens (primary N) is 1. The van der Waals surface area contributed by atoms with Gasteiger partial charge in [0.1, 0.15) is 5.84 Å². The lowest BCUT2D eigenvalue weighted by molar-refractivity contribution is -0.129. The molecule has 0 aromatic heterocycles. The van der Waals surface area contributed by atoms with Crippen molar-refractivity contribution in [2.24, 2.45) is 10.7 Å². The second-order valence-electron chi connectivity index (χ2n) is 4.18. The normalized spacial score (nSPS) is 17.9. The van der Waals surface area contributed by atoms with Gasteiger partial charge < -0.3 is 25.3 Å². The highest BCUT2D eigenvalue weighted by molar-refractivity contribution is 6.22. The number of rotatable bonds is 4. The van der Waals surface area contributed by atoms with E-state index in [-0.39, 0.29) is 5.84 Å². The SMILES string of the molecule is COc1cc(C2=NC(=O)C(N)C(=O)N2)cc(OC)c1OC. The zero-order chi connectivity index (χ0) is 15.6. The Hall–Kier alpha value is -2.61. The molecule has 3 N–H and O–H groups in total. The molecule has 112 valence electrons. The molecule has 0 bridgehead atoms. The van der Waals surface area contributed by atoms with Crippen LogP contribution in [0.2, 0.25) is 0 Å². The second kappa shape index (κ2) is 5.80. The third kappa shape index (κ3) is 2.65. The van der Waals surface area contributed by atoms with Crippen LogP contribution in [0.1, 0.15) is 5.56 Å². The van der Waals surface area contributed by atoms with Crippen LogP contribution in [0.5, 0.6) is 17.2 Å². The van der Waals surface area contributed by atoms with Gasteiger partial charge in [0.2, 0.25) is 5.75 Å². The lowest BCUT2D eigenvalue weighted by Gasteiger charge is -2.19. The Balaban J connectivity index is 2.52. The molecule has 0 saturated carbocycles. The lowest BCUT2D eigenvalue weighted by Crippen LogP contribution is -2.52. The van der Waals surface area contributed by atoms with Gasteiger partial charge in [-0.1, -0.05) is 0 Å². The van der Waals surface area contributed by atoms with E-state index in [0.717, 1.165) is 0 Å². The number of carbonyl (C=O) groups excluding carboxylic acids is 2. The smallest absolute Gasteiger partial charge is 0.274 e. The summed E-state index contributed by atoms with van der Waals surface area (Å²) in [5, 5.41) is 2.47. The van der Waals surface area contributed by atoms with E-state index in [1.165, 1.54) is 21.3 Å². The zero-order valence-corrected chi connectivity index (χ0v) is 11.8. The Morgan fingerprint density at radius 1 is 1.10 bits per heavy atom. The van der Waals surface area contributed by atoms with Crippen LogP contribution in [0.25, 0.3) is 0 Å². The fraction of sp³-hybridized carbons (Fsp3) is 0.308. The van der Waals surface area contributed by atoms with Crippen LogP contribution in [0.15, 0.2) is 17.1 Å². The summed E-state index contributed by atoms with van der Waals surface area (Å²) >= 11 is 0. The summed E-state index contributed by atoms with van der Waals surface area (Å²) in [7, 11) is 4.40. The first-order chi connectivity index (χ1) is 10.0. The average Bonchev–Trinajstić information content (AvgIpc) is 2.50. The third-order valence-electron chi connectivity index (χ3n) is 2.95. The van der Waals surface area contributed by atoms with Crippen LogP contribution in [0.4, 0.5) is 0 Å². The molecular formula is C13H15N3O5. The van der Waals surface area contributed by atoms with E-state index in [4.69, 9.17) is 19.9 Å². The van der Waals surface area contributed by atoms with E-state index < -0.39 is 17.9 Å². The highest BCUT2D eigenvalue weighted by atomic mass is 16.5. The quantitative estimate of drug-likeness (QED) is 0.720. The molecule has 1 aliphatic heterocycles. The van der Waals surface area contributed by atoms with Gasteiger partial charge in [0.25, 0.3) is 11.8 Å². The molecule has 1 unspecified atom stereocenters. The van der Waals surface area contributed by atoms with Crippen LogP contribution in [-0.2, 0) is 9.59 Å². The minimum atomic E-state index is -1.28. The molecule has 1 aromatic carbocycles. The molecule has 1 heterocycles. The summed E-state index contributed by atoms with van der Waals surface area (Å²) in [5.74, 6) is -0.0704. The van der Waals surface area contributed by atoms with Gasteiger partial charge in [0.05, 0.1) is 21.3 Å². The first-order valence-electron chi connectivity index (χ1n) is 6.01. The maximum absolute atomic E-state index is 11.6. The Bertz CT molecular complexity index is 601. The molecule has 2 amide bonds. The highest BCUT2D eigenvalue weighted by Gasteiger charge is 2.29. The molecule has 8 nitrogen and oxygen atoms in total. The number of benzene rings is 1. The Labute approximate surface area is 120 Å². The van der Waals surface area contributed by atoms with Crippen LogP contribution in [0.3, 0.4) is 0 Å². The van der Waals surface area contributed by atoms with Crippen molar-refractivity contribution >= 4 is 17.6 Å². The van der Waals surface area contributed by atoms with E-state index >= 15 is 0 Å². The second-order valence-corrected chi connectivity index (χ2v) is 4.18. The highest BCUT2D eigenvalue weighted by Crippen LogP contribution is 2.38. The van der Waals surface area contributed by atoms with E-state index in [1.54, 1.807) is 12.1 Å². The fourth-order valence-electron chi connectivity index (χ4n) is 1.87. The fourth-order valence-corrected chi connectivity index (χ4v) is 1.87. The van der Waals surface area contributed by atoms with E-state index in [9.17, 15) is 9.59 Å². The number of amidine groups is 1. The van der Waals surface area contributed by atoms with Gasteiger partial charge in [0.15, 0.2) is 17.5 Å². The van der Waals surface area contributed by atoms with Crippen molar-refractivity contribution in [3.05, 3.63) is 17.7 Å². The van der Waals surface area contributed by atoms with Gasteiger partial charge in [-0.15, -0.1) is 0 Å². The molecular weight excluding hydrogens is 278 g/mol. The molecule has 0 aliphatic carbocycles. The lowest BCUT2D eigenvalue weighted by atomic mass is 10.1. The van der Waals surface area contributed by atoms with Gasteiger partial charge in [0, 0.05) is 5.56 Å². The topological polar surface area (TPSA) is 112 Å². The van der Waals surface area contributed by atoms with Crippen molar-refractivity contribution < 1.29 is 23.8 Å². The van der Waals surface area contributed by atoms with Gasteiger partial charge >= 0.3 is 0 Å². The molecule has 1 aliphatic rings. The standard InChI is InChI=1S/C13H15N3O5/c1-19-7-4-6(5-8(20-2)10(7)21-3)11-15-12(17)9(14)13(18)16-11/h4-5,9H,14H2,1-3H3,(H,15,16,17,18). The van der Waals surface area contributed by atoms with Crippen molar-refractivity contribution in [2.45, 2.75) is 6.04 Å². The molecule has 21 heavy (non-hydrogen) atoms. The molecule has 1 aromatic rings. The summed E-state index contributed by atoms with van der Waals surface area (Å²) < 4.78 is 15.6. The Morgan fingerprint density at radius 3 is 2.10 bits per heavy atom. The van der Waals surface area contributed by atoms with Gasteiger partial charge in [-0.25, -0.2) is 0 Å². The number of amides is 2. The first-order valence-corrected chi connectivity index (χ1v) is 6.01. The first kappa shape index (κ1) is 14.8. The summed E-state index contributed by atoms with van der Waals surface area (Å²) in [6.07, 6.45) is 0. The summed E-state index contributed by atoms with van der Waals surface area (Å²) in [4.78, 5) is 26.9. The molecule has 0 spiro atoms. The number of nitrogens with one attached hydrogen (secondary N) is 1. The number of methoxy groups -OCH3 is 3.